The second-order valence-corrected chi connectivity index (χ2v) is 5.65. The molecule has 1 aliphatic rings. The van der Waals surface area contributed by atoms with Crippen molar-refractivity contribution >= 4 is 5.69 Å². The van der Waals surface area contributed by atoms with Gasteiger partial charge in [0.15, 0.2) is 0 Å². The van der Waals surface area contributed by atoms with Crippen LogP contribution in [0.4, 0.5) is 5.69 Å². The first-order chi connectivity index (χ1) is 9.74. The molecule has 106 valence electrons. The van der Waals surface area contributed by atoms with Gasteiger partial charge in [-0.25, -0.2) is 0 Å². The third-order valence-corrected chi connectivity index (χ3v) is 4.04. The Balaban J connectivity index is 1.73. The van der Waals surface area contributed by atoms with Gasteiger partial charge in [0.05, 0.1) is 6.26 Å². The van der Waals surface area contributed by atoms with Gasteiger partial charge in [-0.15, -0.1) is 0 Å². The van der Waals surface area contributed by atoms with Crippen molar-refractivity contribution in [3.63, 3.8) is 0 Å². The lowest BCUT2D eigenvalue weighted by Gasteiger charge is -2.24. The van der Waals surface area contributed by atoms with Crippen LogP contribution in [-0.4, -0.2) is 18.5 Å². The SMILES string of the molecule is Cc1occc1CN(C)Cc1cccc2c1CCCN2. The van der Waals surface area contributed by atoms with Crippen LogP contribution in [0.5, 0.6) is 0 Å². The lowest BCUT2D eigenvalue weighted by Crippen LogP contribution is -2.20. The molecule has 0 spiro atoms. The molecule has 3 nitrogen and oxygen atoms in total. The van der Waals surface area contributed by atoms with Crippen molar-refractivity contribution in [3.05, 3.63) is 53.0 Å². The minimum absolute atomic E-state index is 0.930. The molecule has 1 aromatic heterocycles. The number of aryl methyl sites for hydroxylation is 1. The van der Waals surface area contributed by atoms with Gasteiger partial charge in [0.25, 0.3) is 0 Å². The average molecular weight is 270 g/mol. The number of hydrogen-bond donors (Lipinski definition) is 1. The topological polar surface area (TPSA) is 28.4 Å². The van der Waals surface area contributed by atoms with E-state index in [2.05, 4.69) is 41.5 Å². The van der Waals surface area contributed by atoms with Gasteiger partial charge in [-0.2, -0.15) is 0 Å². The molecule has 3 heteroatoms. The molecule has 1 aliphatic heterocycles. The molecule has 2 heterocycles. The summed E-state index contributed by atoms with van der Waals surface area (Å²) in [6.45, 7) is 5.03. The van der Waals surface area contributed by atoms with E-state index in [-0.39, 0.29) is 0 Å². The van der Waals surface area contributed by atoms with Crippen LogP contribution < -0.4 is 5.32 Å². The van der Waals surface area contributed by atoms with Crippen molar-refractivity contribution in [2.75, 3.05) is 18.9 Å². The molecule has 0 amide bonds. The zero-order chi connectivity index (χ0) is 13.9. The molecule has 0 bridgehead atoms. The molecule has 0 radical (unpaired) electrons. The van der Waals surface area contributed by atoms with E-state index >= 15 is 0 Å². The largest absolute Gasteiger partial charge is 0.469 e. The first-order valence-corrected chi connectivity index (χ1v) is 7.30. The monoisotopic (exact) mass is 270 g/mol. The van der Waals surface area contributed by atoms with E-state index in [1.54, 1.807) is 6.26 Å². The second-order valence-electron chi connectivity index (χ2n) is 5.65. The first kappa shape index (κ1) is 13.3. The summed E-state index contributed by atoms with van der Waals surface area (Å²) in [5, 5.41) is 3.50. The molecule has 2 aromatic rings. The summed E-state index contributed by atoms with van der Waals surface area (Å²) in [5.41, 5.74) is 5.53. The minimum atomic E-state index is 0.930. The Morgan fingerprint density at radius 2 is 2.05 bits per heavy atom. The van der Waals surface area contributed by atoms with Gasteiger partial charge in [0.1, 0.15) is 5.76 Å². The van der Waals surface area contributed by atoms with E-state index in [9.17, 15) is 0 Å². The minimum Gasteiger partial charge on any atom is -0.469 e. The van der Waals surface area contributed by atoms with Gasteiger partial charge in [-0.3, -0.25) is 4.90 Å². The maximum absolute atomic E-state index is 5.37. The van der Waals surface area contributed by atoms with Crippen molar-refractivity contribution in [3.8, 4) is 0 Å². The quantitative estimate of drug-likeness (QED) is 0.920. The molecule has 1 aromatic carbocycles. The third kappa shape index (κ3) is 2.73. The Morgan fingerprint density at radius 3 is 2.85 bits per heavy atom. The van der Waals surface area contributed by atoms with E-state index < -0.39 is 0 Å². The number of fused-ring (bicyclic) bond motifs is 1. The van der Waals surface area contributed by atoms with Gasteiger partial charge in [0, 0.05) is 30.9 Å². The Morgan fingerprint density at radius 1 is 1.20 bits per heavy atom. The van der Waals surface area contributed by atoms with Gasteiger partial charge in [-0.05, 0) is 50.1 Å². The first-order valence-electron chi connectivity index (χ1n) is 7.30. The summed E-state index contributed by atoms with van der Waals surface area (Å²) in [4.78, 5) is 2.35. The van der Waals surface area contributed by atoms with Gasteiger partial charge in [0.2, 0.25) is 0 Å². The third-order valence-electron chi connectivity index (χ3n) is 4.04. The molecule has 0 saturated carbocycles. The highest BCUT2D eigenvalue weighted by Crippen LogP contribution is 2.26. The van der Waals surface area contributed by atoms with Crippen LogP contribution in [0.15, 0.2) is 34.9 Å². The predicted octanol–water partition coefficient (Wildman–Crippen LogP) is 3.58. The van der Waals surface area contributed by atoms with E-state index in [1.807, 2.05) is 6.92 Å². The number of benzene rings is 1. The number of rotatable bonds is 4. The Hall–Kier alpha value is -1.74. The van der Waals surface area contributed by atoms with Crippen LogP contribution in [0.25, 0.3) is 0 Å². The van der Waals surface area contributed by atoms with Crippen LogP contribution in [0.1, 0.15) is 28.9 Å². The van der Waals surface area contributed by atoms with Gasteiger partial charge >= 0.3 is 0 Å². The number of nitrogens with one attached hydrogen (secondary N) is 1. The van der Waals surface area contributed by atoms with E-state index in [0.29, 0.717) is 0 Å². The smallest absolute Gasteiger partial charge is 0.105 e. The average Bonchev–Trinajstić information content (AvgIpc) is 2.85. The maximum Gasteiger partial charge on any atom is 0.105 e. The summed E-state index contributed by atoms with van der Waals surface area (Å²) < 4.78 is 5.37. The number of furan rings is 1. The van der Waals surface area contributed by atoms with Crippen molar-refractivity contribution in [2.45, 2.75) is 32.9 Å². The summed E-state index contributed by atoms with van der Waals surface area (Å²) in [6.07, 6.45) is 4.19. The molecule has 0 atom stereocenters. The van der Waals surface area contributed by atoms with E-state index in [1.165, 1.54) is 35.2 Å². The van der Waals surface area contributed by atoms with Crippen LogP contribution in [-0.2, 0) is 19.5 Å². The molecular weight excluding hydrogens is 248 g/mol. The highest BCUT2D eigenvalue weighted by molar-refractivity contribution is 5.56. The molecule has 0 fully saturated rings. The second kappa shape index (κ2) is 5.71. The molecule has 1 N–H and O–H groups in total. The van der Waals surface area contributed by atoms with Crippen molar-refractivity contribution in [1.29, 1.82) is 0 Å². The predicted molar refractivity (Wildman–Crippen MR) is 81.9 cm³/mol. The molecule has 0 saturated heterocycles. The standard InChI is InChI=1S/C17H22N2O/c1-13-14(8-10-20-13)11-19(2)12-15-5-3-7-17-16(15)6-4-9-18-17/h3,5,7-8,10,18H,4,6,9,11-12H2,1-2H3. The molecule has 3 rings (SSSR count). The van der Waals surface area contributed by atoms with E-state index in [4.69, 9.17) is 4.42 Å². The number of anilines is 1. The molecule has 0 aliphatic carbocycles. The van der Waals surface area contributed by atoms with Crippen LogP contribution >= 0.6 is 0 Å². The Kier molecular flexibility index (Phi) is 3.79. The Bertz CT molecular complexity index is 588. The lowest BCUT2D eigenvalue weighted by molar-refractivity contribution is 0.315. The maximum atomic E-state index is 5.37. The van der Waals surface area contributed by atoms with Crippen molar-refractivity contribution in [2.24, 2.45) is 0 Å². The molecular formula is C17H22N2O. The summed E-state index contributed by atoms with van der Waals surface area (Å²) >= 11 is 0. The van der Waals surface area contributed by atoms with Crippen molar-refractivity contribution < 1.29 is 4.42 Å². The summed E-state index contributed by atoms with van der Waals surface area (Å²) in [5.74, 6) is 1.02. The van der Waals surface area contributed by atoms with Crippen molar-refractivity contribution in [1.82, 2.24) is 4.90 Å². The van der Waals surface area contributed by atoms with Crippen LogP contribution in [0.3, 0.4) is 0 Å². The van der Waals surface area contributed by atoms with Crippen LogP contribution in [0, 0.1) is 6.92 Å². The Labute approximate surface area is 120 Å². The fourth-order valence-corrected chi connectivity index (χ4v) is 2.94. The zero-order valence-electron chi connectivity index (χ0n) is 12.3. The molecule has 20 heavy (non-hydrogen) atoms. The summed E-state index contributed by atoms with van der Waals surface area (Å²) in [7, 11) is 2.17. The highest BCUT2D eigenvalue weighted by atomic mass is 16.3. The zero-order valence-corrected chi connectivity index (χ0v) is 12.3. The van der Waals surface area contributed by atoms with Gasteiger partial charge < -0.3 is 9.73 Å². The fourth-order valence-electron chi connectivity index (χ4n) is 2.94. The normalized spacial score (nSPS) is 14.2. The number of nitrogens with zero attached hydrogens (tertiary/aromatic N) is 1. The highest BCUT2D eigenvalue weighted by Gasteiger charge is 2.14. The van der Waals surface area contributed by atoms with Gasteiger partial charge in [-0.1, -0.05) is 12.1 Å². The van der Waals surface area contributed by atoms with E-state index in [0.717, 1.165) is 25.4 Å². The lowest BCUT2D eigenvalue weighted by atomic mass is 9.97. The fraction of sp³-hybridized carbons (Fsp3) is 0.412. The van der Waals surface area contributed by atoms with Crippen LogP contribution in [0.2, 0.25) is 0 Å². The molecule has 0 unspecified atom stereocenters. The number of hydrogen-bond acceptors (Lipinski definition) is 3. The summed E-state index contributed by atoms with van der Waals surface area (Å²) in [6, 6.07) is 8.67.